The summed E-state index contributed by atoms with van der Waals surface area (Å²) in [5.41, 5.74) is 3.83. The van der Waals surface area contributed by atoms with Crippen LogP contribution >= 0.6 is 0 Å². The zero-order valence-corrected chi connectivity index (χ0v) is 16.2. The normalized spacial score (nSPS) is 16.6. The van der Waals surface area contributed by atoms with E-state index in [0.29, 0.717) is 6.04 Å². The van der Waals surface area contributed by atoms with E-state index in [0.717, 1.165) is 45.0 Å². The van der Waals surface area contributed by atoms with Crippen molar-refractivity contribution in [1.82, 2.24) is 15.5 Å². The molecule has 5 heteroatoms. The molecule has 0 bridgehead atoms. The average Bonchev–Trinajstić information content (AvgIpc) is 2.61. The van der Waals surface area contributed by atoms with Gasteiger partial charge in [-0.3, -0.25) is 9.89 Å². The molecule has 0 radical (unpaired) electrons. The van der Waals surface area contributed by atoms with Crippen molar-refractivity contribution in [2.24, 2.45) is 4.99 Å². The summed E-state index contributed by atoms with van der Waals surface area (Å²) in [7, 11) is 5.97. The number of guanidine groups is 1. The molecule has 1 aliphatic heterocycles. The Labute approximate surface area is 152 Å². The third kappa shape index (κ3) is 5.78. The van der Waals surface area contributed by atoms with E-state index in [1.165, 1.54) is 16.8 Å². The molecule has 1 aliphatic rings. The van der Waals surface area contributed by atoms with Crippen LogP contribution in [0, 0.1) is 6.92 Å². The second-order valence-corrected chi connectivity index (χ2v) is 6.94. The number of likely N-dealkylation sites (tertiary alicyclic amines) is 1. The molecule has 0 amide bonds. The summed E-state index contributed by atoms with van der Waals surface area (Å²) in [5.74, 6) is 0.887. The van der Waals surface area contributed by atoms with E-state index in [9.17, 15) is 0 Å². The Morgan fingerprint density at radius 2 is 2.08 bits per heavy atom. The predicted molar refractivity (Wildman–Crippen MR) is 108 cm³/mol. The predicted octanol–water partition coefficient (Wildman–Crippen LogP) is 2.38. The van der Waals surface area contributed by atoms with Crippen molar-refractivity contribution in [3.05, 3.63) is 42.0 Å². The van der Waals surface area contributed by atoms with Crippen molar-refractivity contribution in [2.45, 2.75) is 32.4 Å². The average molecular weight is 344 g/mol. The molecule has 0 saturated carbocycles. The van der Waals surface area contributed by atoms with E-state index in [-0.39, 0.29) is 0 Å². The zero-order valence-electron chi connectivity index (χ0n) is 16.2. The maximum Gasteiger partial charge on any atom is 0.191 e. The molecule has 138 valence electrons. The Balaban J connectivity index is 1.84. The Morgan fingerprint density at radius 3 is 2.64 bits per heavy atom. The van der Waals surface area contributed by atoms with Crippen LogP contribution in [-0.2, 0) is 6.54 Å². The number of benzene rings is 1. The number of aryl methyl sites for hydroxylation is 1. The highest BCUT2D eigenvalue weighted by atomic mass is 15.2. The van der Waals surface area contributed by atoms with E-state index in [4.69, 9.17) is 0 Å². The number of hydrogen-bond donors (Lipinski definition) is 2. The van der Waals surface area contributed by atoms with Gasteiger partial charge in [-0.25, -0.2) is 0 Å². The van der Waals surface area contributed by atoms with Gasteiger partial charge in [-0.05, 0) is 43.0 Å². The van der Waals surface area contributed by atoms with Crippen LogP contribution in [0.15, 0.2) is 35.8 Å². The molecule has 25 heavy (non-hydrogen) atoms. The van der Waals surface area contributed by atoms with E-state index in [2.05, 4.69) is 71.2 Å². The Hall–Kier alpha value is -2.01. The monoisotopic (exact) mass is 343 g/mol. The highest BCUT2D eigenvalue weighted by molar-refractivity contribution is 5.80. The van der Waals surface area contributed by atoms with Gasteiger partial charge in [-0.15, -0.1) is 6.58 Å². The third-order valence-corrected chi connectivity index (χ3v) is 4.83. The summed E-state index contributed by atoms with van der Waals surface area (Å²) in [5, 5.41) is 7.02. The highest BCUT2D eigenvalue weighted by Crippen LogP contribution is 2.17. The molecule has 0 unspecified atom stereocenters. The van der Waals surface area contributed by atoms with Gasteiger partial charge in [-0.2, -0.15) is 0 Å². The van der Waals surface area contributed by atoms with Gasteiger partial charge in [0.25, 0.3) is 0 Å². The lowest BCUT2D eigenvalue weighted by atomic mass is 10.1. The number of nitrogens with one attached hydrogen (secondary N) is 2. The summed E-state index contributed by atoms with van der Waals surface area (Å²) in [6.07, 6.45) is 4.27. The smallest absolute Gasteiger partial charge is 0.191 e. The topological polar surface area (TPSA) is 42.9 Å². The Bertz CT molecular complexity index is 586. The molecule has 0 atom stereocenters. The maximum atomic E-state index is 4.38. The molecule has 1 heterocycles. The van der Waals surface area contributed by atoms with Gasteiger partial charge in [0.2, 0.25) is 0 Å². The molecule has 0 aromatic heterocycles. The molecule has 2 N–H and O–H groups in total. The first kappa shape index (κ1) is 19.3. The van der Waals surface area contributed by atoms with Gasteiger partial charge in [0, 0.05) is 59.1 Å². The van der Waals surface area contributed by atoms with Crippen molar-refractivity contribution < 1.29 is 0 Å². The molecule has 0 spiro atoms. The molecular formula is C20H33N5. The number of nitrogens with zero attached hydrogens (tertiary/aromatic N) is 3. The van der Waals surface area contributed by atoms with Crippen LogP contribution < -0.4 is 15.5 Å². The fraction of sp³-hybridized carbons (Fsp3) is 0.550. The van der Waals surface area contributed by atoms with Crippen LogP contribution in [0.4, 0.5) is 5.69 Å². The van der Waals surface area contributed by atoms with Crippen LogP contribution in [-0.4, -0.2) is 57.7 Å². The van der Waals surface area contributed by atoms with Gasteiger partial charge in [-0.1, -0.05) is 12.1 Å². The molecule has 5 nitrogen and oxygen atoms in total. The lowest BCUT2D eigenvalue weighted by molar-refractivity contribution is 0.225. The summed E-state index contributed by atoms with van der Waals surface area (Å²) >= 11 is 0. The quantitative estimate of drug-likeness (QED) is 0.473. The van der Waals surface area contributed by atoms with Crippen LogP contribution in [0.1, 0.15) is 24.0 Å². The fourth-order valence-corrected chi connectivity index (χ4v) is 3.17. The first-order valence-electron chi connectivity index (χ1n) is 9.10. The summed E-state index contributed by atoms with van der Waals surface area (Å²) in [6, 6.07) is 7.07. The van der Waals surface area contributed by atoms with Crippen LogP contribution in [0.2, 0.25) is 0 Å². The van der Waals surface area contributed by atoms with Crippen molar-refractivity contribution in [2.75, 3.05) is 45.7 Å². The third-order valence-electron chi connectivity index (χ3n) is 4.83. The number of piperidine rings is 1. The second kappa shape index (κ2) is 9.47. The minimum Gasteiger partial charge on any atom is -0.378 e. The molecule has 0 aliphatic carbocycles. The number of aliphatic imine (C=N–C) groups is 1. The van der Waals surface area contributed by atoms with E-state index >= 15 is 0 Å². The van der Waals surface area contributed by atoms with Crippen molar-refractivity contribution >= 4 is 11.6 Å². The molecular weight excluding hydrogens is 310 g/mol. The highest BCUT2D eigenvalue weighted by Gasteiger charge is 2.19. The number of rotatable bonds is 6. The zero-order chi connectivity index (χ0) is 18.2. The SMILES string of the molecule is C=CCN1CCC(NC(=NC)NCc2ccc(N(C)C)cc2C)CC1. The summed E-state index contributed by atoms with van der Waals surface area (Å²) < 4.78 is 0. The first-order chi connectivity index (χ1) is 12.0. The van der Waals surface area contributed by atoms with E-state index in [1.807, 2.05) is 13.1 Å². The standard InChI is InChI=1S/C20H33N5/c1-6-11-25-12-9-18(10-13-25)23-20(21-3)22-15-17-7-8-19(24(4)5)14-16(17)2/h6-8,14,18H,1,9-13,15H2,2-5H3,(H2,21,22,23). The molecule has 1 aromatic carbocycles. The minimum atomic E-state index is 0.490. The molecule has 2 rings (SSSR count). The molecule has 1 saturated heterocycles. The summed E-state index contributed by atoms with van der Waals surface area (Å²) in [6.45, 7) is 9.99. The fourth-order valence-electron chi connectivity index (χ4n) is 3.17. The maximum absolute atomic E-state index is 4.38. The second-order valence-electron chi connectivity index (χ2n) is 6.94. The largest absolute Gasteiger partial charge is 0.378 e. The van der Waals surface area contributed by atoms with Crippen LogP contribution in [0.3, 0.4) is 0 Å². The molecule has 1 aromatic rings. The van der Waals surface area contributed by atoms with Gasteiger partial charge >= 0.3 is 0 Å². The van der Waals surface area contributed by atoms with E-state index in [1.54, 1.807) is 0 Å². The van der Waals surface area contributed by atoms with Crippen molar-refractivity contribution in [1.29, 1.82) is 0 Å². The number of hydrogen-bond acceptors (Lipinski definition) is 3. The minimum absolute atomic E-state index is 0.490. The van der Waals surface area contributed by atoms with Crippen molar-refractivity contribution in [3.63, 3.8) is 0 Å². The van der Waals surface area contributed by atoms with Gasteiger partial charge in [0.1, 0.15) is 0 Å². The Kier molecular flexibility index (Phi) is 7.31. The summed E-state index contributed by atoms with van der Waals surface area (Å²) in [4.78, 5) is 8.95. The van der Waals surface area contributed by atoms with Gasteiger partial charge in [0.15, 0.2) is 5.96 Å². The first-order valence-corrected chi connectivity index (χ1v) is 9.10. The lowest BCUT2D eigenvalue weighted by Gasteiger charge is -2.32. The molecule has 1 fully saturated rings. The van der Waals surface area contributed by atoms with Crippen LogP contribution in [0.5, 0.6) is 0 Å². The Morgan fingerprint density at radius 1 is 1.36 bits per heavy atom. The van der Waals surface area contributed by atoms with Gasteiger partial charge < -0.3 is 15.5 Å². The van der Waals surface area contributed by atoms with Crippen molar-refractivity contribution in [3.8, 4) is 0 Å². The number of anilines is 1. The lowest BCUT2D eigenvalue weighted by Crippen LogP contribution is -2.48. The van der Waals surface area contributed by atoms with Gasteiger partial charge in [0.05, 0.1) is 0 Å². The van der Waals surface area contributed by atoms with Crippen LogP contribution in [0.25, 0.3) is 0 Å². The van der Waals surface area contributed by atoms with E-state index < -0.39 is 0 Å².